The maximum atomic E-state index is 12.1. The van der Waals surface area contributed by atoms with Gasteiger partial charge in [-0.3, -0.25) is 4.90 Å². The first-order chi connectivity index (χ1) is 8.79. The lowest BCUT2D eigenvalue weighted by molar-refractivity contribution is 0.0573. The summed E-state index contributed by atoms with van der Waals surface area (Å²) >= 11 is 0. The molecular formula is C11H18BN3O4. The van der Waals surface area contributed by atoms with E-state index < -0.39 is 18.8 Å². The molecule has 0 spiro atoms. The van der Waals surface area contributed by atoms with Crippen LogP contribution in [-0.4, -0.2) is 45.2 Å². The summed E-state index contributed by atoms with van der Waals surface area (Å²) in [7, 11) is -1.66. The summed E-state index contributed by atoms with van der Waals surface area (Å²) < 4.78 is 6.91. The first-order valence-electron chi connectivity index (χ1n) is 6.22. The summed E-state index contributed by atoms with van der Waals surface area (Å²) in [5.74, 6) is 0.399. The van der Waals surface area contributed by atoms with E-state index in [4.69, 9.17) is 4.74 Å². The molecule has 0 aromatic carbocycles. The minimum atomic E-state index is -1.66. The fraction of sp³-hybridized carbons (Fsp3) is 0.636. The van der Waals surface area contributed by atoms with E-state index in [0.717, 1.165) is 6.42 Å². The third-order valence-corrected chi connectivity index (χ3v) is 2.74. The van der Waals surface area contributed by atoms with E-state index >= 15 is 0 Å². The predicted molar refractivity (Wildman–Crippen MR) is 70.2 cm³/mol. The van der Waals surface area contributed by atoms with Crippen molar-refractivity contribution in [2.45, 2.75) is 39.3 Å². The molecule has 2 heterocycles. The highest BCUT2D eigenvalue weighted by Gasteiger charge is 2.33. The molecule has 0 saturated heterocycles. The molecule has 0 saturated carbocycles. The second-order valence-corrected chi connectivity index (χ2v) is 5.51. The largest absolute Gasteiger partial charge is 0.493 e. The van der Waals surface area contributed by atoms with Crippen LogP contribution in [0.1, 0.15) is 27.2 Å². The van der Waals surface area contributed by atoms with Crippen molar-refractivity contribution in [1.82, 2.24) is 9.78 Å². The number of carbonyl (C=O) groups is 1. The van der Waals surface area contributed by atoms with E-state index in [9.17, 15) is 14.8 Å². The maximum Gasteiger partial charge on any atom is 0.493 e. The van der Waals surface area contributed by atoms with E-state index in [2.05, 4.69) is 5.10 Å². The Morgan fingerprint density at radius 1 is 1.42 bits per heavy atom. The van der Waals surface area contributed by atoms with Crippen LogP contribution in [0, 0.1) is 0 Å². The van der Waals surface area contributed by atoms with Gasteiger partial charge in [0.05, 0.1) is 6.20 Å². The van der Waals surface area contributed by atoms with E-state index in [1.165, 1.54) is 11.1 Å². The van der Waals surface area contributed by atoms with Crippen LogP contribution in [0.4, 0.5) is 10.6 Å². The Morgan fingerprint density at radius 2 is 2.11 bits per heavy atom. The van der Waals surface area contributed by atoms with Crippen LogP contribution in [-0.2, 0) is 11.3 Å². The molecule has 1 aliphatic rings. The molecular weight excluding hydrogens is 249 g/mol. The zero-order chi connectivity index (χ0) is 14.2. The van der Waals surface area contributed by atoms with Crippen molar-refractivity contribution in [2.24, 2.45) is 0 Å². The van der Waals surface area contributed by atoms with Gasteiger partial charge in [0.1, 0.15) is 11.4 Å². The van der Waals surface area contributed by atoms with Crippen LogP contribution in [0.2, 0.25) is 0 Å². The van der Waals surface area contributed by atoms with Crippen molar-refractivity contribution >= 4 is 24.5 Å². The van der Waals surface area contributed by atoms with E-state index in [1.807, 2.05) is 0 Å². The second-order valence-electron chi connectivity index (χ2n) is 5.51. The summed E-state index contributed by atoms with van der Waals surface area (Å²) in [4.78, 5) is 13.5. The maximum absolute atomic E-state index is 12.1. The number of anilines is 1. The Bertz CT molecular complexity index is 481. The van der Waals surface area contributed by atoms with Crippen LogP contribution in [0.5, 0.6) is 0 Å². The van der Waals surface area contributed by atoms with Crippen molar-refractivity contribution in [3.05, 3.63) is 6.20 Å². The van der Waals surface area contributed by atoms with Gasteiger partial charge in [-0.05, 0) is 27.2 Å². The minimum absolute atomic E-state index is 0.213. The molecule has 19 heavy (non-hydrogen) atoms. The van der Waals surface area contributed by atoms with Gasteiger partial charge in [0.2, 0.25) is 0 Å². The lowest BCUT2D eigenvalue weighted by Crippen LogP contribution is -2.45. The van der Waals surface area contributed by atoms with E-state index in [0.29, 0.717) is 18.9 Å². The number of nitrogens with zero attached hydrogens (tertiary/aromatic N) is 3. The molecule has 0 aliphatic carbocycles. The predicted octanol–water partition coefficient (Wildman–Crippen LogP) is -0.292. The molecule has 2 rings (SSSR count). The Morgan fingerprint density at radius 3 is 2.68 bits per heavy atom. The van der Waals surface area contributed by atoms with Crippen molar-refractivity contribution in [3.8, 4) is 0 Å². The minimum Gasteiger partial charge on any atom is -0.443 e. The number of hydrogen-bond donors (Lipinski definition) is 2. The van der Waals surface area contributed by atoms with Gasteiger partial charge in [-0.1, -0.05) is 0 Å². The number of carbonyl (C=O) groups excluding carboxylic acids is 1. The summed E-state index contributed by atoms with van der Waals surface area (Å²) in [5, 5.41) is 22.7. The highest BCUT2D eigenvalue weighted by molar-refractivity contribution is 6.60. The van der Waals surface area contributed by atoms with E-state index in [-0.39, 0.29) is 5.46 Å². The molecule has 1 aromatic rings. The highest BCUT2D eigenvalue weighted by atomic mass is 16.6. The number of fused-ring (bicyclic) bond motifs is 1. The van der Waals surface area contributed by atoms with Crippen molar-refractivity contribution in [3.63, 3.8) is 0 Å². The monoisotopic (exact) mass is 267 g/mol. The highest BCUT2D eigenvalue weighted by Crippen LogP contribution is 2.21. The third kappa shape index (κ3) is 2.90. The number of ether oxygens (including phenoxy) is 1. The molecule has 7 nitrogen and oxygen atoms in total. The molecule has 1 aliphatic heterocycles. The van der Waals surface area contributed by atoms with Crippen LogP contribution in [0.15, 0.2) is 6.20 Å². The zero-order valence-electron chi connectivity index (χ0n) is 11.3. The molecule has 1 aromatic heterocycles. The standard InChI is InChI=1S/C11H18BN3O4/c1-11(2,3)19-10(16)14-5-4-6-15-9(14)8(7-13-15)12(17)18/h7,17-18H,4-6H2,1-3H3. The van der Waals surface area contributed by atoms with Gasteiger partial charge in [0, 0.05) is 18.6 Å². The Balaban J connectivity index is 2.31. The molecule has 1 amide bonds. The first-order valence-corrected chi connectivity index (χ1v) is 6.22. The average molecular weight is 267 g/mol. The summed E-state index contributed by atoms with van der Waals surface area (Å²) in [6.07, 6.45) is 1.60. The molecule has 2 N–H and O–H groups in total. The number of amides is 1. The zero-order valence-corrected chi connectivity index (χ0v) is 11.3. The number of hydrogen-bond acceptors (Lipinski definition) is 5. The topological polar surface area (TPSA) is 87.8 Å². The van der Waals surface area contributed by atoms with E-state index in [1.54, 1.807) is 25.5 Å². The fourth-order valence-corrected chi connectivity index (χ4v) is 2.01. The average Bonchev–Trinajstić information content (AvgIpc) is 2.69. The SMILES string of the molecule is CC(C)(C)OC(=O)N1CCCn2ncc(B(O)O)c21. The number of aromatic nitrogens is 2. The molecule has 0 fully saturated rings. The van der Waals surface area contributed by atoms with Crippen LogP contribution in [0.3, 0.4) is 0 Å². The third-order valence-electron chi connectivity index (χ3n) is 2.74. The molecule has 0 atom stereocenters. The van der Waals surface area contributed by atoms with Gasteiger partial charge in [0.15, 0.2) is 0 Å². The van der Waals surface area contributed by atoms with Crippen molar-refractivity contribution in [2.75, 3.05) is 11.4 Å². The molecule has 0 radical (unpaired) electrons. The number of aryl methyl sites for hydroxylation is 1. The summed E-state index contributed by atoms with van der Waals surface area (Å²) in [6.45, 7) is 6.47. The van der Waals surface area contributed by atoms with Crippen LogP contribution in [0.25, 0.3) is 0 Å². The van der Waals surface area contributed by atoms with Gasteiger partial charge >= 0.3 is 13.2 Å². The Hall–Kier alpha value is -1.54. The Labute approximate surface area is 111 Å². The normalized spacial score (nSPS) is 15.1. The quantitative estimate of drug-likeness (QED) is 0.682. The Kier molecular flexibility index (Phi) is 3.55. The summed E-state index contributed by atoms with van der Waals surface area (Å²) in [6, 6.07) is 0. The van der Waals surface area contributed by atoms with Gasteiger partial charge in [0.25, 0.3) is 0 Å². The summed E-state index contributed by atoms with van der Waals surface area (Å²) in [5.41, 5.74) is -0.386. The lowest BCUT2D eigenvalue weighted by Gasteiger charge is -2.31. The second kappa shape index (κ2) is 4.86. The van der Waals surface area contributed by atoms with Gasteiger partial charge < -0.3 is 14.8 Å². The van der Waals surface area contributed by atoms with Crippen LogP contribution >= 0.6 is 0 Å². The molecule has 0 unspecified atom stereocenters. The smallest absolute Gasteiger partial charge is 0.443 e. The first kappa shape index (κ1) is 13.9. The van der Waals surface area contributed by atoms with Crippen molar-refractivity contribution < 1.29 is 19.6 Å². The van der Waals surface area contributed by atoms with Gasteiger partial charge in [-0.2, -0.15) is 5.10 Å². The molecule has 104 valence electrons. The van der Waals surface area contributed by atoms with Crippen molar-refractivity contribution in [1.29, 1.82) is 0 Å². The van der Waals surface area contributed by atoms with Gasteiger partial charge in [-0.15, -0.1) is 0 Å². The molecule has 8 heteroatoms. The number of rotatable bonds is 1. The van der Waals surface area contributed by atoms with Crippen LogP contribution < -0.4 is 10.4 Å². The molecule has 0 bridgehead atoms. The lowest BCUT2D eigenvalue weighted by atomic mass is 9.81. The van der Waals surface area contributed by atoms with Gasteiger partial charge in [-0.25, -0.2) is 9.48 Å². The fourth-order valence-electron chi connectivity index (χ4n) is 2.01.